The molecule has 5 nitrogen and oxygen atoms in total. The lowest BCUT2D eigenvalue weighted by molar-refractivity contribution is -0.00162. The Hall–Kier alpha value is -1.27. The zero-order chi connectivity index (χ0) is 14.7. The predicted molar refractivity (Wildman–Crippen MR) is 83.6 cm³/mol. The van der Waals surface area contributed by atoms with Crippen LogP contribution in [-0.4, -0.2) is 52.1 Å². The van der Waals surface area contributed by atoms with Gasteiger partial charge in [-0.1, -0.05) is 11.6 Å². The molecule has 2 aliphatic heterocycles. The number of hydrogen-bond acceptors (Lipinski definition) is 5. The van der Waals surface area contributed by atoms with Crippen molar-refractivity contribution in [2.24, 2.45) is 0 Å². The average molecular weight is 326 g/mol. The number of nitrogens with zero attached hydrogens (tertiary/aromatic N) is 1. The largest absolute Gasteiger partial charge is 0.504 e. The van der Waals surface area contributed by atoms with Crippen LogP contribution in [0.4, 0.5) is 0 Å². The average Bonchev–Trinajstić information content (AvgIpc) is 2.86. The Labute approximate surface area is 135 Å². The third-order valence-electron chi connectivity index (χ3n) is 5.08. The summed E-state index contributed by atoms with van der Waals surface area (Å²) in [5, 5.41) is 30.6. The van der Waals surface area contributed by atoms with Crippen molar-refractivity contribution in [2.45, 2.75) is 37.1 Å². The Morgan fingerprint density at radius 1 is 1.27 bits per heavy atom. The van der Waals surface area contributed by atoms with Crippen molar-refractivity contribution in [2.75, 3.05) is 13.7 Å². The summed E-state index contributed by atoms with van der Waals surface area (Å²) in [4.78, 5) is 2.34. The first kappa shape index (κ1) is 15.6. The molecule has 22 heavy (non-hydrogen) atoms. The maximum Gasteiger partial charge on any atom is 0.160 e. The number of phenols is 1. The summed E-state index contributed by atoms with van der Waals surface area (Å²) in [6, 6.07) is 3.67. The molecular formula is C16H20ClNO4. The van der Waals surface area contributed by atoms with Gasteiger partial charge >= 0.3 is 0 Å². The van der Waals surface area contributed by atoms with E-state index in [1.165, 1.54) is 12.7 Å². The van der Waals surface area contributed by atoms with Gasteiger partial charge in [-0.15, -0.1) is 12.4 Å². The quantitative estimate of drug-likeness (QED) is 0.676. The molecular weight excluding hydrogens is 306 g/mol. The van der Waals surface area contributed by atoms with E-state index in [0.717, 1.165) is 30.6 Å². The number of aromatic hydroxyl groups is 1. The van der Waals surface area contributed by atoms with Gasteiger partial charge < -0.3 is 20.1 Å². The molecule has 120 valence electrons. The third kappa shape index (κ3) is 2.04. The van der Waals surface area contributed by atoms with Gasteiger partial charge in [-0.2, -0.15) is 0 Å². The maximum atomic E-state index is 10.5. The highest BCUT2D eigenvalue weighted by Gasteiger charge is 2.48. The van der Waals surface area contributed by atoms with Crippen molar-refractivity contribution >= 4 is 12.4 Å². The Balaban J connectivity index is 0.00000144. The van der Waals surface area contributed by atoms with Crippen LogP contribution in [0.5, 0.6) is 11.5 Å². The van der Waals surface area contributed by atoms with Crippen LogP contribution in [0.25, 0.3) is 0 Å². The minimum Gasteiger partial charge on any atom is -0.504 e. The van der Waals surface area contributed by atoms with Crippen molar-refractivity contribution in [3.63, 3.8) is 0 Å². The first-order valence-electron chi connectivity index (χ1n) is 7.30. The topological polar surface area (TPSA) is 73.2 Å². The third-order valence-corrected chi connectivity index (χ3v) is 5.08. The van der Waals surface area contributed by atoms with Gasteiger partial charge in [-0.3, -0.25) is 4.90 Å². The Morgan fingerprint density at radius 2 is 2.05 bits per heavy atom. The van der Waals surface area contributed by atoms with Gasteiger partial charge in [0.15, 0.2) is 11.5 Å². The number of benzene rings is 1. The number of hydrogen-bond donors (Lipinski definition) is 3. The van der Waals surface area contributed by atoms with Crippen molar-refractivity contribution in [3.05, 3.63) is 34.9 Å². The Morgan fingerprint density at radius 3 is 2.77 bits per heavy atom. The Kier molecular flexibility index (Phi) is 3.85. The predicted octanol–water partition coefficient (Wildman–Crippen LogP) is 1.16. The SMILES string of the molecule is COc1cc2c(cc1O)C1C(O)C(O)C=C3CCN(C2)C31.Cl. The second-order valence-corrected chi connectivity index (χ2v) is 6.14. The van der Waals surface area contributed by atoms with Crippen LogP contribution >= 0.6 is 12.4 Å². The molecule has 0 radical (unpaired) electrons. The van der Waals surface area contributed by atoms with Crippen LogP contribution < -0.4 is 4.74 Å². The van der Waals surface area contributed by atoms with Gasteiger partial charge in [0, 0.05) is 25.0 Å². The van der Waals surface area contributed by atoms with E-state index < -0.39 is 12.2 Å². The highest BCUT2D eigenvalue weighted by Crippen LogP contribution is 2.48. The molecule has 1 saturated heterocycles. The number of fused-ring (bicyclic) bond motifs is 2. The molecule has 1 aromatic rings. The second kappa shape index (κ2) is 5.42. The number of rotatable bonds is 1. The molecule has 1 fully saturated rings. The maximum absolute atomic E-state index is 10.5. The van der Waals surface area contributed by atoms with Gasteiger partial charge in [-0.25, -0.2) is 0 Å². The van der Waals surface area contributed by atoms with Gasteiger partial charge in [0.1, 0.15) is 0 Å². The van der Waals surface area contributed by atoms with Crippen LogP contribution in [0, 0.1) is 0 Å². The minimum atomic E-state index is -0.841. The number of aliphatic hydroxyl groups is 2. The van der Waals surface area contributed by atoms with Crippen LogP contribution in [0.3, 0.4) is 0 Å². The molecule has 0 spiro atoms. The molecule has 0 bridgehead atoms. The molecule has 3 N–H and O–H groups in total. The van der Waals surface area contributed by atoms with E-state index in [9.17, 15) is 15.3 Å². The van der Waals surface area contributed by atoms with Crippen molar-refractivity contribution < 1.29 is 20.1 Å². The molecule has 4 unspecified atom stereocenters. The molecule has 4 atom stereocenters. The highest BCUT2D eigenvalue weighted by atomic mass is 35.5. The summed E-state index contributed by atoms with van der Waals surface area (Å²) in [6.45, 7) is 1.72. The molecule has 1 aliphatic carbocycles. The monoisotopic (exact) mass is 325 g/mol. The van der Waals surface area contributed by atoms with E-state index in [1.54, 1.807) is 12.1 Å². The van der Waals surface area contributed by atoms with E-state index in [1.807, 2.05) is 6.07 Å². The Bertz CT molecular complexity index is 633. The molecule has 6 heteroatoms. The zero-order valence-corrected chi connectivity index (χ0v) is 13.1. The van der Waals surface area contributed by atoms with Gasteiger partial charge in [-0.05, 0) is 29.7 Å². The first-order valence-corrected chi connectivity index (χ1v) is 7.30. The summed E-state index contributed by atoms with van der Waals surface area (Å²) in [6.07, 6.45) is 1.06. The number of aliphatic hydroxyl groups excluding tert-OH is 2. The molecule has 4 rings (SSSR count). The van der Waals surface area contributed by atoms with Gasteiger partial charge in [0.05, 0.1) is 19.3 Å². The molecule has 0 saturated carbocycles. The molecule has 0 amide bonds. The zero-order valence-electron chi connectivity index (χ0n) is 12.3. The molecule has 1 aromatic carbocycles. The van der Waals surface area contributed by atoms with Gasteiger partial charge in [0.25, 0.3) is 0 Å². The van der Waals surface area contributed by atoms with Crippen LogP contribution in [-0.2, 0) is 6.54 Å². The summed E-state index contributed by atoms with van der Waals surface area (Å²) in [5.41, 5.74) is 3.19. The van der Waals surface area contributed by atoms with E-state index >= 15 is 0 Å². The highest BCUT2D eigenvalue weighted by molar-refractivity contribution is 5.85. The van der Waals surface area contributed by atoms with Crippen molar-refractivity contribution in [3.8, 4) is 11.5 Å². The molecule has 3 aliphatic rings. The first-order chi connectivity index (χ1) is 10.1. The second-order valence-electron chi connectivity index (χ2n) is 6.14. The lowest BCUT2D eigenvalue weighted by Gasteiger charge is -2.44. The number of ether oxygens (including phenoxy) is 1. The smallest absolute Gasteiger partial charge is 0.160 e. The lowest BCUT2D eigenvalue weighted by Crippen LogP contribution is -2.49. The standard InChI is InChI=1S/C16H19NO4.ClH/c1-21-13-5-9-7-17-3-2-8-4-12(19)16(20)14(15(8)17)10(9)6-11(13)18;/h4-6,12,14-16,18-20H,2-3,7H2,1H3;1H. The van der Waals surface area contributed by atoms with Crippen molar-refractivity contribution in [1.29, 1.82) is 0 Å². The number of phenolic OH excluding ortho intramolecular Hbond substituents is 1. The summed E-state index contributed by atoms with van der Waals surface area (Å²) in [7, 11) is 1.53. The molecule has 0 aromatic heterocycles. The molecule has 2 heterocycles. The number of halogens is 1. The summed E-state index contributed by atoms with van der Waals surface area (Å²) in [5.74, 6) is 0.344. The minimum absolute atomic E-state index is 0. The van der Waals surface area contributed by atoms with Crippen molar-refractivity contribution in [1.82, 2.24) is 4.90 Å². The van der Waals surface area contributed by atoms with E-state index in [-0.39, 0.29) is 30.1 Å². The fourth-order valence-electron chi connectivity index (χ4n) is 4.14. The fourth-order valence-corrected chi connectivity index (χ4v) is 4.14. The summed E-state index contributed by atoms with van der Waals surface area (Å²) >= 11 is 0. The van der Waals surface area contributed by atoms with Gasteiger partial charge in [0.2, 0.25) is 0 Å². The summed E-state index contributed by atoms with van der Waals surface area (Å²) < 4.78 is 5.18. The van der Waals surface area contributed by atoms with Crippen LogP contribution in [0.1, 0.15) is 23.5 Å². The van der Waals surface area contributed by atoms with Crippen LogP contribution in [0.15, 0.2) is 23.8 Å². The van der Waals surface area contributed by atoms with E-state index in [2.05, 4.69) is 4.90 Å². The lowest BCUT2D eigenvalue weighted by atomic mass is 9.73. The fraction of sp³-hybridized carbons (Fsp3) is 0.500. The normalized spacial score (nSPS) is 32.6. The van der Waals surface area contributed by atoms with Crippen LogP contribution in [0.2, 0.25) is 0 Å². The van der Waals surface area contributed by atoms with E-state index in [0.29, 0.717) is 5.75 Å². The van der Waals surface area contributed by atoms with E-state index in [4.69, 9.17) is 4.74 Å². The number of methoxy groups -OCH3 is 1.